The van der Waals surface area contributed by atoms with Crippen LogP contribution >= 0.6 is 15.9 Å². The monoisotopic (exact) mass is 372 g/mol. The number of carbonyl (C=O) groups is 1. The number of H-pyrrole nitrogens is 1. The third-order valence-electron chi connectivity index (χ3n) is 3.43. The number of carbonyl (C=O) groups excluding carboxylic acids is 1. The third-order valence-corrected chi connectivity index (χ3v) is 3.89. The Morgan fingerprint density at radius 1 is 1.30 bits per heavy atom. The molecule has 0 aliphatic carbocycles. The molecule has 0 aliphatic rings. The van der Waals surface area contributed by atoms with Crippen LogP contribution in [0.15, 0.2) is 52.1 Å². The van der Waals surface area contributed by atoms with Gasteiger partial charge in [0.2, 0.25) is 0 Å². The van der Waals surface area contributed by atoms with Crippen molar-refractivity contribution in [2.45, 2.75) is 6.54 Å². The number of hydrogen-bond donors (Lipinski definition) is 1. The topological polar surface area (TPSA) is 79.0 Å². The van der Waals surface area contributed by atoms with Gasteiger partial charge >= 0.3 is 0 Å². The number of para-hydroxylation sites is 1. The Hall–Kier alpha value is -2.54. The zero-order chi connectivity index (χ0) is 16.4. The number of rotatable bonds is 3. The van der Waals surface area contributed by atoms with Crippen LogP contribution < -0.4 is 5.56 Å². The number of aromatic nitrogens is 3. The molecule has 23 heavy (non-hydrogen) atoms. The minimum atomic E-state index is -0.414. The molecular formula is C16H13BrN4O2. The lowest BCUT2D eigenvalue weighted by Gasteiger charge is -2.17. The highest BCUT2D eigenvalue weighted by Crippen LogP contribution is 2.16. The van der Waals surface area contributed by atoms with Crippen molar-refractivity contribution < 1.29 is 4.79 Å². The van der Waals surface area contributed by atoms with Gasteiger partial charge in [0.25, 0.3) is 11.5 Å². The molecule has 116 valence electrons. The molecule has 0 unspecified atom stereocenters. The predicted octanol–water partition coefficient (Wildman–Crippen LogP) is 2.35. The molecule has 6 nitrogen and oxygen atoms in total. The van der Waals surface area contributed by atoms with Crippen molar-refractivity contribution in [3.63, 3.8) is 0 Å². The summed E-state index contributed by atoms with van der Waals surface area (Å²) in [5, 5.41) is 0. The third kappa shape index (κ3) is 3.14. The first kappa shape index (κ1) is 15.4. The molecule has 0 aliphatic heterocycles. The molecule has 1 aromatic carbocycles. The maximum Gasteiger partial charge on any atom is 0.260 e. The van der Waals surface area contributed by atoms with Crippen LogP contribution in [0.3, 0.4) is 0 Å². The fourth-order valence-corrected chi connectivity index (χ4v) is 2.67. The van der Waals surface area contributed by atoms with Crippen LogP contribution in [0.2, 0.25) is 0 Å². The molecule has 0 fully saturated rings. The van der Waals surface area contributed by atoms with E-state index in [1.54, 1.807) is 19.4 Å². The fraction of sp³-hybridized carbons (Fsp3) is 0.125. The summed E-state index contributed by atoms with van der Waals surface area (Å²) in [5.74, 6) is -0.353. The van der Waals surface area contributed by atoms with E-state index in [0.717, 1.165) is 16.6 Å². The molecule has 0 spiro atoms. The zero-order valence-electron chi connectivity index (χ0n) is 12.3. The van der Waals surface area contributed by atoms with Gasteiger partial charge in [-0.25, -0.2) is 0 Å². The van der Waals surface area contributed by atoms with Crippen molar-refractivity contribution in [1.29, 1.82) is 0 Å². The smallest absolute Gasteiger partial charge is 0.260 e. The van der Waals surface area contributed by atoms with Crippen molar-refractivity contribution in [2.75, 3.05) is 7.05 Å². The van der Waals surface area contributed by atoms with Crippen LogP contribution in [-0.4, -0.2) is 32.8 Å². The first-order valence-electron chi connectivity index (χ1n) is 6.88. The highest BCUT2D eigenvalue weighted by Gasteiger charge is 2.17. The maximum absolute atomic E-state index is 12.5. The van der Waals surface area contributed by atoms with Crippen LogP contribution in [0, 0.1) is 0 Å². The van der Waals surface area contributed by atoms with E-state index in [0.29, 0.717) is 11.0 Å². The lowest BCUT2D eigenvalue weighted by molar-refractivity contribution is 0.0783. The highest BCUT2D eigenvalue weighted by molar-refractivity contribution is 9.10. The molecule has 2 heterocycles. The second-order valence-corrected chi connectivity index (χ2v) is 5.98. The van der Waals surface area contributed by atoms with Crippen LogP contribution in [0.25, 0.3) is 11.0 Å². The molecule has 3 rings (SSSR count). The Balaban J connectivity index is 1.91. The first-order chi connectivity index (χ1) is 11.1. The summed E-state index contributed by atoms with van der Waals surface area (Å²) >= 11 is 3.25. The Bertz CT molecular complexity index is 933. The summed E-state index contributed by atoms with van der Waals surface area (Å²) in [6, 6.07) is 7.15. The lowest BCUT2D eigenvalue weighted by atomic mass is 10.1. The molecule has 3 aromatic rings. The van der Waals surface area contributed by atoms with Gasteiger partial charge in [-0.05, 0) is 33.6 Å². The predicted molar refractivity (Wildman–Crippen MR) is 90.1 cm³/mol. The van der Waals surface area contributed by atoms with Gasteiger partial charge in [0.15, 0.2) is 0 Å². The lowest BCUT2D eigenvalue weighted by Crippen LogP contribution is -2.31. The number of fused-ring (bicyclic) bond motifs is 1. The summed E-state index contributed by atoms with van der Waals surface area (Å²) in [5.41, 5.74) is 2.07. The average molecular weight is 373 g/mol. The van der Waals surface area contributed by atoms with Crippen molar-refractivity contribution in [3.05, 3.63) is 68.8 Å². The van der Waals surface area contributed by atoms with Crippen LogP contribution in [0.1, 0.15) is 15.9 Å². The van der Waals surface area contributed by atoms with Crippen molar-refractivity contribution >= 4 is 32.9 Å². The Morgan fingerprint density at radius 2 is 2.09 bits per heavy atom. The van der Waals surface area contributed by atoms with Gasteiger partial charge in [-0.15, -0.1) is 0 Å². The second-order valence-electron chi connectivity index (χ2n) is 5.06. The Labute approximate surface area is 140 Å². The van der Waals surface area contributed by atoms with E-state index in [-0.39, 0.29) is 11.5 Å². The number of aromatic amines is 1. The number of nitrogens with one attached hydrogen (secondary N) is 1. The van der Waals surface area contributed by atoms with Gasteiger partial charge in [-0.2, -0.15) is 0 Å². The number of nitrogens with zero attached hydrogens (tertiary/aromatic N) is 3. The quantitative estimate of drug-likeness (QED) is 0.765. The normalized spacial score (nSPS) is 10.7. The molecule has 1 amide bonds. The summed E-state index contributed by atoms with van der Waals surface area (Å²) < 4.78 is 0.643. The number of pyridine rings is 1. The molecule has 0 bridgehead atoms. The molecule has 0 saturated heterocycles. The molecule has 0 radical (unpaired) electrons. The van der Waals surface area contributed by atoms with E-state index in [1.807, 2.05) is 18.2 Å². The van der Waals surface area contributed by atoms with Crippen LogP contribution in [0.5, 0.6) is 0 Å². The molecule has 0 atom stereocenters. The summed E-state index contributed by atoms with van der Waals surface area (Å²) in [6.45, 7) is 0.334. The Kier molecular flexibility index (Phi) is 4.20. The summed E-state index contributed by atoms with van der Waals surface area (Å²) in [7, 11) is 1.65. The molecule has 1 N–H and O–H groups in total. The number of amides is 1. The largest absolute Gasteiger partial charge is 0.337 e. The van der Waals surface area contributed by atoms with Gasteiger partial charge in [-0.1, -0.05) is 12.1 Å². The fourth-order valence-electron chi connectivity index (χ4n) is 2.33. The minimum absolute atomic E-state index is 0.0909. The van der Waals surface area contributed by atoms with Crippen molar-refractivity contribution in [1.82, 2.24) is 19.9 Å². The summed E-state index contributed by atoms with van der Waals surface area (Å²) in [6.07, 6.45) is 4.74. The maximum atomic E-state index is 12.5. The zero-order valence-corrected chi connectivity index (χ0v) is 13.9. The SMILES string of the molecule is CN(Cc1cccc2nccnc12)C(=O)c1cc(Br)c[nH]c1=O. The van der Waals surface area contributed by atoms with E-state index in [1.165, 1.54) is 17.2 Å². The number of halogens is 1. The Morgan fingerprint density at radius 3 is 2.91 bits per heavy atom. The molecule has 2 aromatic heterocycles. The number of hydrogen-bond acceptors (Lipinski definition) is 4. The van der Waals surface area contributed by atoms with Gasteiger partial charge in [-0.3, -0.25) is 19.6 Å². The van der Waals surface area contributed by atoms with Crippen LogP contribution in [0.4, 0.5) is 0 Å². The molecule has 7 heteroatoms. The van der Waals surface area contributed by atoms with Gasteiger partial charge in [0, 0.05) is 36.7 Å². The van der Waals surface area contributed by atoms with E-state index >= 15 is 0 Å². The molecular weight excluding hydrogens is 360 g/mol. The van der Waals surface area contributed by atoms with Crippen molar-refractivity contribution in [3.8, 4) is 0 Å². The van der Waals surface area contributed by atoms with Gasteiger partial charge in [0.05, 0.1) is 11.0 Å². The van der Waals surface area contributed by atoms with E-state index in [4.69, 9.17) is 0 Å². The van der Waals surface area contributed by atoms with E-state index in [9.17, 15) is 9.59 Å². The summed E-state index contributed by atoms with van der Waals surface area (Å²) in [4.78, 5) is 36.9. The van der Waals surface area contributed by atoms with Crippen molar-refractivity contribution in [2.24, 2.45) is 0 Å². The van der Waals surface area contributed by atoms with E-state index < -0.39 is 5.56 Å². The second kappa shape index (κ2) is 6.29. The van der Waals surface area contributed by atoms with Crippen LogP contribution in [-0.2, 0) is 6.54 Å². The highest BCUT2D eigenvalue weighted by atomic mass is 79.9. The minimum Gasteiger partial charge on any atom is -0.337 e. The standard InChI is InChI=1S/C16H13BrN4O2/c1-21(16(23)12-7-11(17)8-20-15(12)22)9-10-3-2-4-13-14(10)19-6-5-18-13/h2-8H,9H2,1H3,(H,20,22). The first-order valence-corrected chi connectivity index (χ1v) is 7.68. The molecule has 0 saturated carbocycles. The van der Waals surface area contributed by atoms with Gasteiger partial charge < -0.3 is 9.88 Å². The van der Waals surface area contributed by atoms with E-state index in [2.05, 4.69) is 30.9 Å². The van der Waals surface area contributed by atoms with Gasteiger partial charge in [0.1, 0.15) is 5.56 Å². The number of benzene rings is 1. The average Bonchev–Trinajstić information content (AvgIpc) is 2.56.